The van der Waals surface area contributed by atoms with E-state index in [1.807, 2.05) is 35.2 Å². The van der Waals surface area contributed by atoms with E-state index in [1.165, 1.54) is 19.3 Å². The molecule has 1 aromatic rings. The molecule has 1 amide bonds. The lowest BCUT2D eigenvalue weighted by Crippen LogP contribution is -2.41. The van der Waals surface area contributed by atoms with Crippen LogP contribution in [-0.4, -0.2) is 28.6 Å². The number of hydrogen-bond donors (Lipinski definition) is 1. The number of benzene rings is 1. The number of nitrogens with zero attached hydrogens (tertiary/aromatic N) is 1. The predicted octanol–water partition coefficient (Wildman–Crippen LogP) is 2.51. The first kappa shape index (κ1) is 12.7. The van der Waals surface area contributed by atoms with Gasteiger partial charge in [-0.3, -0.25) is 4.79 Å². The number of hydrogen-bond acceptors (Lipinski definition) is 2. The smallest absolute Gasteiger partial charge is 0.223 e. The third kappa shape index (κ3) is 2.27. The van der Waals surface area contributed by atoms with E-state index < -0.39 is 0 Å². The van der Waals surface area contributed by atoms with Crippen molar-refractivity contribution >= 4 is 5.91 Å². The molecule has 3 atom stereocenters. The normalized spacial score (nSPS) is 28.3. The van der Waals surface area contributed by atoms with Crippen LogP contribution in [0.2, 0.25) is 0 Å². The minimum atomic E-state index is -0.165. The van der Waals surface area contributed by atoms with Gasteiger partial charge in [-0.1, -0.05) is 43.2 Å². The summed E-state index contributed by atoms with van der Waals surface area (Å²) in [6, 6.07) is 10.1. The molecular weight excluding hydrogens is 238 g/mol. The summed E-state index contributed by atoms with van der Waals surface area (Å²) >= 11 is 0. The lowest BCUT2D eigenvalue weighted by molar-refractivity contribution is -0.132. The Hall–Kier alpha value is -1.35. The summed E-state index contributed by atoms with van der Waals surface area (Å²) < 4.78 is 0. The van der Waals surface area contributed by atoms with Gasteiger partial charge in [-0.15, -0.1) is 0 Å². The second-order valence-electron chi connectivity index (χ2n) is 5.73. The summed E-state index contributed by atoms with van der Waals surface area (Å²) in [6.07, 6.45) is 5.39. The molecule has 1 aliphatic heterocycles. The van der Waals surface area contributed by atoms with E-state index in [0.29, 0.717) is 18.4 Å². The van der Waals surface area contributed by atoms with E-state index >= 15 is 0 Å². The Kier molecular flexibility index (Phi) is 3.56. The third-order valence-electron chi connectivity index (χ3n) is 4.64. The number of amides is 1. The lowest BCUT2D eigenvalue weighted by Gasteiger charge is -2.36. The second kappa shape index (κ2) is 5.33. The topological polar surface area (TPSA) is 40.5 Å². The fourth-order valence-corrected chi connectivity index (χ4v) is 3.74. The van der Waals surface area contributed by atoms with E-state index in [2.05, 4.69) is 0 Å². The van der Waals surface area contributed by atoms with Crippen molar-refractivity contribution in [1.82, 2.24) is 4.90 Å². The summed E-state index contributed by atoms with van der Waals surface area (Å²) in [5.41, 5.74) is 1.05. The summed E-state index contributed by atoms with van der Waals surface area (Å²) in [5, 5.41) is 9.75. The van der Waals surface area contributed by atoms with Gasteiger partial charge < -0.3 is 10.0 Å². The molecule has 1 aromatic carbocycles. The van der Waals surface area contributed by atoms with Gasteiger partial charge in [0.1, 0.15) is 0 Å². The SMILES string of the molecule is O=C1C[C@@H]2CCCC[C@@H]2N1[C@H](CO)c1ccccc1. The van der Waals surface area contributed by atoms with Gasteiger partial charge in [0.25, 0.3) is 0 Å². The van der Waals surface area contributed by atoms with Crippen LogP contribution in [0.4, 0.5) is 0 Å². The lowest BCUT2D eigenvalue weighted by atomic mass is 9.84. The van der Waals surface area contributed by atoms with Gasteiger partial charge in [-0.05, 0) is 24.3 Å². The maximum atomic E-state index is 12.3. The zero-order valence-corrected chi connectivity index (χ0v) is 11.2. The Morgan fingerprint density at radius 3 is 2.68 bits per heavy atom. The fourth-order valence-electron chi connectivity index (χ4n) is 3.74. The highest BCUT2D eigenvalue weighted by molar-refractivity contribution is 5.80. The van der Waals surface area contributed by atoms with Gasteiger partial charge in [0.05, 0.1) is 12.6 Å². The number of carbonyl (C=O) groups is 1. The molecule has 1 aliphatic carbocycles. The van der Waals surface area contributed by atoms with Crippen molar-refractivity contribution < 1.29 is 9.90 Å². The first-order chi connectivity index (χ1) is 9.31. The predicted molar refractivity (Wildman–Crippen MR) is 73.5 cm³/mol. The first-order valence-electron chi connectivity index (χ1n) is 7.28. The largest absolute Gasteiger partial charge is 0.394 e. The second-order valence-corrected chi connectivity index (χ2v) is 5.73. The highest BCUT2D eigenvalue weighted by Gasteiger charge is 2.43. The summed E-state index contributed by atoms with van der Waals surface area (Å²) in [7, 11) is 0. The van der Waals surface area contributed by atoms with E-state index in [-0.39, 0.29) is 18.6 Å². The van der Waals surface area contributed by atoms with Crippen LogP contribution < -0.4 is 0 Å². The Morgan fingerprint density at radius 1 is 1.21 bits per heavy atom. The molecule has 102 valence electrons. The van der Waals surface area contributed by atoms with Crippen LogP contribution in [0.1, 0.15) is 43.7 Å². The average Bonchev–Trinajstić information content (AvgIpc) is 2.78. The van der Waals surface area contributed by atoms with Crippen molar-refractivity contribution in [2.45, 2.75) is 44.2 Å². The number of fused-ring (bicyclic) bond motifs is 1. The zero-order chi connectivity index (χ0) is 13.2. The highest BCUT2D eigenvalue weighted by atomic mass is 16.3. The summed E-state index contributed by atoms with van der Waals surface area (Å²) in [5.74, 6) is 0.735. The van der Waals surface area contributed by atoms with Gasteiger partial charge in [-0.25, -0.2) is 0 Å². The van der Waals surface area contributed by atoms with Crippen molar-refractivity contribution in [3.63, 3.8) is 0 Å². The minimum Gasteiger partial charge on any atom is -0.394 e. The molecular formula is C16H21NO2. The maximum Gasteiger partial charge on any atom is 0.223 e. The van der Waals surface area contributed by atoms with Gasteiger partial charge in [-0.2, -0.15) is 0 Å². The summed E-state index contributed by atoms with van der Waals surface area (Å²) in [6.45, 7) is 0.0129. The monoisotopic (exact) mass is 259 g/mol. The van der Waals surface area contributed by atoms with E-state index in [4.69, 9.17) is 0 Å². The number of rotatable bonds is 3. The van der Waals surface area contributed by atoms with Crippen molar-refractivity contribution in [3.05, 3.63) is 35.9 Å². The van der Waals surface area contributed by atoms with Crippen molar-refractivity contribution in [2.75, 3.05) is 6.61 Å². The van der Waals surface area contributed by atoms with Crippen LogP contribution in [0.3, 0.4) is 0 Å². The van der Waals surface area contributed by atoms with Crippen LogP contribution in [0, 0.1) is 5.92 Å². The molecule has 0 radical (unpaired) electrons. The number of aliphatic hydroxyl groups is 1. The molecule has 2 aliphatic rings. The number of aliphatic hydroxyl groups excluding tert-OH is 1. The van der Waals surface area contributed by atoms with E-state index in [9.17, 15) is 9.90 Å². The standard InChI is InChI=1S/C16H21NO2/c18-11-15(12-6-2-1-3-7-12)17-14-9-5-4-8-13(14)10-16(17)19/h1-3,6-7,13-15,18H,4-5,8-11H2/t13-,14-,15+/m0/s1. The molecule has 1 N–H and O–H groups in total. The molecule has 0 bridgehead atoms. The Labute approximate surface area is 114 Å². The Bertz CT molecular complexity index is 445. The first-order valence-corrected chi connectivity index (χ1v) is 7.28. The molecule has 2 fully saturated rings. The average molecular weight is 259 g/mol. The molecule has 3 rings (SSSR count). The number of likely N-dealkylation sites (tertiary alicyclic amines) is 1. The highest BCUT2D eigenvalue weighted by Crippen LogP contribution is 2.41. The molecule has 1 heterocycles. The van der Waals surface area contributed by atoms with Crippen LogP contribution in [0.5, 0.6) is 0 Å². The molecule has 0 aromatic heterocycles. The maximum absolute atomic E-state index is 12.3. The van der Waals surface area contributed by atoms with Crippen LogP contribution >= 0.6 is 0 Å². The van der Waals surface area contributed by atoms with Gasteiger partial charge >= 0.3 is 0 Å². The Balaban J connectivity index is 1.88. The van der Waals surface area contributed by atoms with Crippen molar-refractivity contribution in [1.29, 1.82) is 0 Å². The minimum absolute atomic E-state index is 0.0129. The summed E-state index contributed by atoms with van der Waals surface area (Å²) in [4.78, 5) is 14.3. The van der Waals surface area contributed by atoms with Crippen LogP contribution in [0.15, 0.2) is 30.3 Å². The molecule has 0 spiro atoms. The van der Waals surface area contributed by atoms with Gasteiger partial charge in [0, 0.05) is 12.5 Å². The van der Waals surface area contributed by atoms with Crippen LogP contribution in [0.25, 0.3) is 0 Å². The third-order valence-corrected chi connectivity index (χ3v) is 4.64. The van der Waals surface area contributed by atoms with Gasteiger partial charge in [0.15, 0.2) is 0 Å². The van der Waals surface area contributed by atoms with Crippen LogP contribution in [-0.2, 0) is 4.79 Å². The Morgan fingerprint density at radius 2 is 1.95 bits per heavy atom. The fraction of sp³-hybridized carbons (Fsp3) is 0.562. The molecule has 19 heavy (non-hydrogen) atoms. The number of carbonyl (C=O) groups excluding carboxylic acids is 1. The van der Waals surface area contributed by atoms with Crippen molar-refractivity contribution in [3.8, 4) is 0 Å². The zero-order valence-electron chi connectivity index (χ0n) is 11.2. The molecule has 0 unspecified atom stereocenters. The van der Waals surface area contributed by atoms with Crippen molar-refractivity contribution in [2.24, 2.45) is 5.92 Å². The molecule has 3 nitrogen and oxygen atoms in total. The van der Waals surface area contributed by atoms with Gasteiger partial charge in [0.2, 0.25) is 5.91 Å². The van der Waals surface area contributed by atoms with E-state index in [0.717, 1.165) is 12.0 Å². The molecule has 1 saturated carbocycles. The van der Waals surface area contributed by atoms with E-state index in [1.54, 1.807) is 0 Å². The quantitative estimate of drug-likeness (QED) is 0.906. The molecule has 3 heteroatoms. The molecule has 1 saturated heterocycles.